The van der Waals surface area contributed by atoms with Crippen LogP contribution in [-0.4, -0.2) is 28.7 Å². The maximum Gasteiger partial charge on any atom is 0.127 e. The number of aliphatic hydroxyl groups is 1. The van der Waals surface area contributed by atoms with Crippen molar-refractivity contribution in [2.75, 3.05) is 6.54 Å². The minimum atomic E-state index is -0.188. The summed E-state index contributed by atoms with van der Waals surface area (Å²) < 4.78 is 13.5. The molecule has 1 heterocycles. The molecular formula is C13H18FNO. The summed E-state index contributed by atoms with van der Waals surface area (Å²) in [4.78, 5) is 2.23. The molecule has 1 aliphatic heterocycles. The summed E-state index contributed by atoms with van der Waals surface area (Å²) in [5.41, 5.74) is 0.741. The predicted molar refractivity (Wildman–Crippen MR) is 61.5 cm³/mol. The van der Waals surface area contributed by atoms with E-state index in [0.717, 1.165) is 24.9 Å². The standard InChI is InChI=1S/C13H18FNO/c1-10-8-12(16)6-7-15(10)9-11-4-2-3-5-13(11)14/h2-5,10,12,16H,6-9H2,1H3/t10-,12-/m1/s1. The molecule has 2 nitrogen and oxygen atoms in total. The van der Waals surface area contributed by atoms with Gasteiger partial charge < -0.3 is 5.11 Å². The fourth-order valence-corrected chi connectivity index (χ4v) is 2.28. The Morgan fingerprint density at radius 1 is 1.44 bits per heavy atom. The van der Waals surface area contributed by atoms with E-state index in [0.29, 0.717) is 12.6 Å². The number of halogens is 1. The van der Waals surface area contributed by atoms with Crippen LogP contribution in [0.2, 0.25) is 0 Å². The van der Waals surface area contributed by atoms with E-state index < -0.39 is 0 Å². The van der Waals surface area contributed by atoms with Gasteiger partial charge in [-0.2, -0.15) is 0 Å². The quantitative estimate of drug-likeness (QED) is 0.830. The fourth-order valence-electron chi connectivity index (χ4n) is 2.28. The number of nitrogens with zero attached hydrogens (tertiary/aromatic N) is 1. The number of likely N-dealkylation sites (tertiary alicyclic amines) is 1. The molecule has 0 aromatic heterocycles. The van der Waals surface area contributed by atoms with Crippen molar-refractivity contribution in [2.45, 2.75) is 38.5 Å². The van der Waals surface area contributed by atoms with Crippen LogP contribution < -0.4 is 0 Å². The highest BCUT2D eigenvalue weighted by atomic mass is 19.1. The summed E-state index contributed by atoms with van der Waals surface area (Å²) in [5.74, 6) is -0.138. The number of rotatable bonds is 2. The minimum absolute atomic E-state index is 0.138. The summed E-state index contributed by atoms with van der Waals surface area (Å²) in [6.07, 6.45) is 1.39. The molecule has 0 bridgehead atoms. The van der Waals surface area contributed by atoms with Crippen molar-refractivity contribution in [3.63, 3.8) is 0 Å². The van der Waals surface area contributed by atoms with Crippen LogP contribution in [0.4, 0.5) is 4.39 Å². The molecule has 0 spiro atoms. The maximum absolute atomic E-state index is 13.5. The molecule has 0 saturated carbocycles. The summed E-state index contributed by atoms with van der Waals surface area (Å²) in [5, 5.41) is 9.52. The molecule has 2 atom stereocenters. The van der Waals surface area contributed by atoms with Crippen molar-refractivity contribution in [1.82, 2.24) is 4.90 Å². The van der Waals surface area contributed by atoms with Crippen LogP contribution in [0.25, 0.3) is 0 Å². The first-order chi connectivity index (χ1) is 7.66. The molecule has 1 aromatic carbocycles. The molecule has 88 valence electrons. The maximum atomic E-state index is 13.5. The van der Waals surface area contributed by atoms with Gasteiger partial charge in [0.2, 0.25) is 0 Å². The Labute approximate surface area is 95.7 Å². The first kappa shape index (κ1) is 11.6. The Bertz CT molecular complexity index is 356. The second-order valence-electron chi connectivity index (χ2n) is 4.59. The Morgan fingerprint density at radius 2 is 2.19 bits per heavy atom. The van der Waals surface area contributed by atoms with Crippen molar-refractivity contribution in [2.24, 2.45) is 0 Å². The second-order valence-corrected chi connectivity index (χ2v) is 4.59. The van der Waals surface area contributed by atoms with E-state index in [4.69, 9.17) is 0 Å². The van der Waals surface area contributed by atoms with Gasteiger partial charge in [-0.05, 0) is 25.8 Å². The van der Waals surface area contributed by atoms with Crippen LogP contribution in [0.3, 0.4) is 0 Å². The zero-order chi connectivity index (χ0) is 11.5. The zero-order valence-electron chi connectivity index (χ0n) is 9.56. The van der Waals surface area contributed by atoms with E-state index in [2.05, 4.69) is 11.8 Å². The lowest BCUT2D eigenvalue weighted by Crippen LogP contribution is -2.42. The summed E-state index contributed by atoms with van der Waals surface area (Å²) in [7, 11) is 0. The molecule has 0 amide bonds. The Kier molecular flexibility index (Phi) is 3.56. The largest absolute Gasteiger partial charge is 0.393 e. The Balaban J connectivity index is 2.02. The number of hydrogen-bond donors (Lipinski definition) is 1. The molecule has 0 aliphatic carbocycles. The van der Waals surface area contributed by atoms with E-state index in [1.54, 1.807) is 6.07 Å². The van der Waals surface area contributed by atoms with E-state index in [1.807, 2.05) is 12.1 Å². The van der Waals surface area contributed by atoms with Crippen molar-refractivity contribution in [3.05, 3.63) is 35.6 Å². The lowest BCUT2D eigenvalue weighted by molar-refractivity contribution is 0.0437. The molecule has 16 heavy (non-hydrogen) atoms. The number of benzene rings is 1. The van der Waals surface area contributed by atoms with Gasteiger partial charge in [-0.3, -0.25) is 4.90 Å². The van der Waals surface area contributed by atoms with Gasteiger partial charge in [0.1, 0.15) is 5.82 Å². The molecule has 1 saturated heterocycles. The average Bonchev–Trinajstić information content (AvgIpc) is 2.25. The predicted octanol–water partition coefficient (Wildman–Crippen LogP) is 2.17. The van der Waals surface area contributed by atoms with Gasteiger partial charge in [-0.15, -0.1) is 0 Å². The van der Waals surface area contributed by atoms with Gasteiger partial charge >= 0.3 is 0 Å². The van der Waals surface area contributed by atoms with E-state index in [9.17, 15) is 9.50 Å². The third-order valence-corrected chi connectivity index (χ3v) is 3.32. The van der Waals surface area contributed by atoms with E-state index in [-0.39, 0.29) is 11.9 Å². The molecule has 0 unspecified atom stereocenters. The van der Waals surface area contributed by atoms with E-state index >= 15 is 0 Å². The van der Waals surface area contributed by atoms with Crippen molar-refractivity contribution < 1.29 is 9.50 Å². The molecule has 1 aromatic rings. The van der Waals surface area contributed by atoms with Gasteiger partial charge in [-0.1, -0.05) is 18.2 Å². The van der Waals surface area contributed by atoms with Crippen LogP contribution in [0.15, 0.2) is 24.3 Å². The molecular weight excluding hydrogens is 205 g/mol. The van der Waals surface area contributed by atoms with Crippen molar-refractivity contribution in [1.29, 1.82) is 0 Å². The molecule has 1 aliphatic rings. The smallest absolute Gasteiger partial charge is 0.127 e. The first-order valence-electron chi connectivity index (χ1n) is 5.82. The topological polar surface area (TPSA) is 23.5 Å². The van der Waals surface area contributed by atoms with E-state index in [1.165, 1.54) is 6.07 Å². The molecule has 3 heteroatoms. The third-order valence-electron chi connectivity index (χ3n) is 3.32. The van der Waals surface area contributed by atoms with Crippen molar-refractivity contribution >= 4 is 0 Å². The minimum Gasteiger partial charge on any atom is -0.393 e. The fraction of sp³-hybridized carbons (Fsp3) is 0.538. The molecule has 1 N–H and O–H groups in total. The molecule has 1 fully saturated rings. The van der Waals surface area contributed by atoms with Gasteiger partial charge in [0.15, 0.2) is 0 Å². The summed E-state index contributed by atoms with van der Waals surface area (Å²) in [6.45, 7) is 3.57. The highest BCUT2D eigenvalue weighted by Crippen LogP contribution is 2.20. The number of piperidine rings is 1. The van der Waals surface area contributed by atoms with Crippen LogP contribution >= 0.6 is 0 Å². The Morgan fingerprint density at radius 3 is 2.88 bits per heavy atom. The molecule has 2 rings (SSSR count). The zero-order valence-corrected chi connectivity index (χ0v) is 9.56. The van der Waals surface area contributed by atoms with Crippen LogP contribution in [0.5, 0.6) is 0 Å². The van der Waals surface area contributed by atoms with Gasteiger partial charge in [0, 0.05) is 24.7 Å². The normalized spacial score (nSPS) is 26.9. The SMILES string of the molecule is C[C@@H]1C[C@H](O)CCN1Cc1ccccc1F. The van der Waals surface area contributed by atoms with Crippen molar-refractivity contribution in [3.8, 4) is 0 Å². The summed E-state index contributed by atoms with van der Waals surface area (Å²) >= 11 is 0. The highest BCUT2D eigenvalue weighted by molar-refractivity contribution is 5.17. The average molecular weight is 223 g/mol. The van der Waals surface area contributed by atoms with Gasteiger partial charge in [-0.25, -0.2) is 4.39 Å². The first-order valence-corrected chi connectivity index (χ1v) is 5.82. The van der Waals surface area contributed by atoms with Crippen LogP contribution in [-0.2, 0) is 6.54 Å². The third kappa shape index (κ3) is 2.60. The Hall–Kier alpha value is -0.930. The lowest BCUT2D eigenvalue weighted by atomic mass is 10.00. The monoisotopic (exact) mass is 223 g/mol. The number of aliphatic hydroxyl groups excluding tert-OH is 1. The van der Waals surface area contributed by atoms with Gasteiger partial charge in [0.05, 0.1) is 6.10 Å². The summed E-state index contributed by atoms with van der Waals surface area (Å²) in [6, 6.07) is 7.22. The molecule has 0 radical (unpaired) electrons. The second kappa shape index (κ2) is 4.93. The number of hydrogen-bond acceptors (Lipinski definition) is 2. The van der Waals surface area contributed by atoms with Crippen LogP contribution in [0, 0.1) is 5.82 Å². The highest BCUT2D eigenvalue weighted by Gasteiger charge is 2.24. The lowest BCUT2D eigenvalue weighted by Gasteiger charge is -2.35. The van der Waals surface area contributed by atoms with Crippen LogP contribution in [0.1, 0.15) is 25.3 Å². The van der Waals surface area contributed by atoms with Gasteiger partial charge in [0.25, 0.3) is 0 Å².